The van der Waals surface area contributed by atoms with Gasteiger partial charge < -0.3 is 4.74 Å². The van der Waals surface area contributed by atoms with E-state index in [9.17, 15) is 8.42 Å². The lowest BCUT2D eigenvalue weighted by Crippen LogP contribution is -3.61. The molecule has 0 saturated carbocycles. The van der Waals surface area contributed by atoms with Gasteiger partial charge in [0.1, 0.15) is 5.75 Å². The number of benzene rings is 2. The zero-order valence-electron chi connectivity index (χ0n) is 11.0. The van der Waals surface area contributed by atoms with Crippen LogP contribution in [-0.2, 0) is 12.6 Å². The summed E-state index contributed by atoms with van der Waals surface area (Å²) < 4.78 is 35.2. The van der Waals surface area contributed by atoms with Crippen LogP contribution in [0.1, 0.15) is 5.56 Å². The van der Waals surface area contributed by atoms with Gasteiger partial charge in [-0.25, -0.2) is 0 Å². The van der Waals surface area contributed by atoms with Gasteiger partial charge in [0.05, 0.1) is 12.0 Å². The molecule has 0 aliphatic carbocycles. The molecule has 0 fully saturated rings. The fourth-order valence-electron chi connectivity index (χ4n) is 1.46. The minimum Gasteiger partial charge on any atom is -0.497 e. The van der Waals surface area contributed by atoms with E-state index < -0.39 is 31.7 Å². The van der Waals surface area contributed by atoms with E-state index in [1.807, 2.05) is 25.1 Å². The highest BCUT2D eigenvalue weighted by atomic mass is 127. The monoisotopic (exact) mass is 405 g/mol. The van der Waals surface area contributed by atoms with Gasteiger partial charge in [0, 0.05) is 6.07 Å². The lowest BCUT2D eigenvalue weighted by atomic mass is 10.2. The summed E-state index contributed by atoms with van der Waals surface area (Å²) in [5.74, 6) is 0.693. The van der Waals surface area contributed by atoms with Gasteiger partial charge in [-0.2, -0.15) is 8.42 Å². The van der Waals surface area contributed by atoms with Crippen molar-refractivity contribution in [2.45, 2.75) is 11.8 Å². The van der Waals surface area contributed by atoms with Gasteiger partial charge in [-0.3, -0.25) is 0 Å². The average molecular weight is 405 g/mol. The van der Waals surface area contributed by atoms with E-state index in [0.717, 1.165) is 9.13 Å². The third-order valence-corrected chi connectivity index (χ3v) is 6.76. The molecule has 0 aromatic heterocycles. The van der Waals surface area contributed by atoms with Crippen LogP contribution in [0.25, 0.3) is 0 Å². The van der Waals surface area contributed by atoms with E-state index in [-0.39, 0.29) is 4.90 Å². The summed E-state index contributed by atoms with van der Waals surface area (Å²) >= 11 is -1.09. The first kappa shape index (κ1) is 15.3. The fraction of sp³-hybridized carbons (Fsp3) is 0.143. The molecule has 0 radical (unpaired) electrons. The fourth-order valence-corrected chi connectivity index (χ4v) is 4.90. The molecule has 106 valence electrons. The molecule has 2 aromatic rings. The Morgan fingerprint density at radius 1 is 1.05 bits per heavy atom. The Balaban J connectivity index is 2.10. The van der Waals surface area contributed by atoms with E-state index in [0.29, 0.717) is 5.75 Å². The van der Waals surface area contributed by atoms with Crippen molar-refractivity contribution >= 4 is 10.1 Å². The molecular formula is C14H14IO4S+. The summed E-state index contributed by atoms with van der Waals surface area (Å²) in [7, 11) is -2.12. The lowest BCUT2D eigenvalue weighted by molar-refractivity contribution is -0.837. The summed E-state index contributed by atoms with van der Waals surface area (Å²) in [6.45, 7) is 1.90. The molecule has 2 rings (SSSR count). The second kappa shape index (κ2) is 6.55. The average Bonchev–Trinajstić information content (AvgIpc) is 2.46. The van der Waals surface area contributed by atoms with Crippen molar-refractivity contribution in [3.63, 3.8) is 0 Å². The maximum absolute atomic E-state index is 12.0. The molecule has 0 aliphatic heterocycles. The van der Waals surface area contributed by atoms with Gasteiger partial charge in [0.15, 0.2) is 0 Å². The third kappa shape index (κ3) is 3.94. The van der Waals surface area contributed by atoms with Crippen molar-refractivity contribution in [3.8, 4) is 5.75 Å². The molecule has 0 spiro atoms. The lowest BCUT2D eigenvalue weighted by Gasteiger charge is -1.98. The molecule has 0 bridgehead atoms. The first-order chi connectivity index (χ1) is 9.51. The van der Waals surface area contributed by atoms with Crippen LogP contribution < -0.4 is 26.4 Å². The van der Waals surface area contributed by atoms with Crippen molar-refractivity contribution in [1.29, 1.82) is 0 Å². The van der Waals surface area contributed by atoms with Gasteiger partial charge in [0.2, 0.25) is 3.57 Å². The molecule has 6 heteroatoms. The minimum absolute atomic E-state index is 0.186. The zero-order chi connectivity index (χ0) is 14.6. The van der Waals surface area contributed by atoms with Crippen LogP contribution >= 0.6 is 0 Å². The van der Waals surface area contributed by atoms with Crippen molar-refractivity contribution in [1.82, 2.24) is 0 Å². The number of halogens is 1. The molecular weight excluding hydrogens is 391 g/mol. The number of rotatable bonds is 5. The standard InChI is InChI=1S/C14H14IO4S/c1-11-6-8-14(9-7-11)20(16,17)19-15-12-4-3-5-13(10-12)18-2/h3-10H,1-2H3/q+1. The molecule has 0 aliphatic rings. The molecule has 0 unspecified atom stereocenters. The van der Waals surface area contributed by atoms with Crippen LogP contribution in [0.4, 0.5) is 0 Å². The molecule has 0 saturated heterocycles. The van der Waals surface area contributed by atoms with E-state index in [2.05, 4.69) is 0 Å². The van der Waals surface area contributed by atoms with Crippen molar-refractivity contribution < 1.29 is 37.3 Å². The van der Waals surface area contributed by atoms with E-state index in [1.54, 1.807) is 37.4 Å². The highest BCUT2D eigenvalue weighted by molar-refractivity contribution is 7.86. The number of hydrogen-bond acceptors (Lipinski definition) is 4. The van der Waals surface area contributed by atoms with Crippen LogP contribution in [0.15, 0.2) is 53.4 Å². The predicted octanol–water partition coefficient (Wildman–Crippen LogP) is -0.417. The smallest absolute Gasteiger partial charge is 0.497 e. The normalized spacial score (nSPS) is 11.3. The Labute approximate surface area is 129 Å². The van der Waals surface area contributed by atoms with Gasteiger partial charge >= 0.3 is 31.7 Å². The molecule has 0 atom stereocenters. The number of aryl methyl sites for hydroxylation is 1. The van der Waals surface area contributed by atoms with E-state index in [4.69, 9.17) is 7.25 Å². The van der Waals surface area contributed by atoms with Gasteiger partial charge in [-0.15, -0.1) is 0 Å². The van der Waals surface area contributed by atoms with Gasteiger partial charge in [0.25, 0.3) is 0 Å². The maximum atomic E-state index is 12.0. The Morgan fingerprint density at radius 3 is 2.40 bits per heavy atom. The SMILES string of the molecule is COc1cccc([I+]OS(=O)(=O)c2ccc(C)cc2)c1. The number of methoxy groups -OCH3 is 1. The highest BCUT2D eigenvalue weighted by Gasteiger charge is 2.27. The van der Waals surface area contributed by atoms with Gasteiger partial charge in [-0.05, 0) is 33.7 Å². The second-order valence-corrected chi connectivity index (χ2v) is 8.34. The highest BCUT2D eigenvalue weighted by Crippen LogP contribution is 2.11. The summed E-state index contributed by atoms with van der Waals surface area (Å²) in [6, 6.07) is 13.9. The Hall–Kier alpha value is -1.12. The first-order valence-electron chi connectivity index (χ1n) is 5.80. The summed E-state index contributed by atoms with van der Waals surface area (Å²) in [4.78, 5) is 0.186. The van der Waals surface area contributed by atoms with Crippen LogP contribution in [-0.4, -0.2) is 15.5 Å². The molecule has 0 amide bonds. The number of ether oxygens (including phenoxy) is 1. The summed E-state index contributed by atoms with van der Waals surface area (Å²) in [5.41, 5.74) is 1.01. The molecule has 0 N–H and O–H groups in total. The largest absolute Gasteiger partial charge is 0.540 e. The zero-order valence-corrected chi connectivity index (χ0v) is 14.0. The molecule has 4 nitrogen and oxygen atoms in total. The minimum atomic E-state index is -3.69. The first-order valence-corrected chi connectivity index (χ1v) is 9.17. The third-order valence-electron chi connectivity index (χ3n) is 2.54. The Kier molecular flexibility index (Phi) is 5.00. The Morgan fingerprint density at radius 2 is 1.75 bits per heavy atom. The van der Waals surface area contributed by atoms with Crippen molar-refractivity contribution in [2.24, 2.45) is 0 Å². The summed E-state index contributed by atoms with van der Waals surface area (Å²) in [6.07, 6.45) is 0. The number of hydrogen-bond donors (Lipinski definition) is 0. The van der Waals surface area contributed by atoms with Crippen LogP contribution in [0.2, 0.25) is 0 Å². The van der Waals surface area contributed by atoms with E-state index in [1.165, 1.54) is 0 Å². The molecule has 20 heavy (non-hydrogen) atoms. The molecule has 0 heterocycles. The van der Waals surface area contributed by atoms with Crippen molar-refractivity contribution in [2.75, 3.05) is 7.11 Å². The second-order valence-electron chi connectivity index (χ2n) is 4.07. The van der Waals surface area contributed by atoms with Crippen LogP contribution in [0.3, 0.4) is 0 Å². The predicted molar refractivity (Wildman–Crippen MR) is 71.1 cm³/mol. The molecule has 2 aromatic carbocycles. The quantitative estimate of drug-likeness (QED) is 0.635. The van der Waals surface area contributed by atoms with Gasteiger partial charge in [-0.1, -0.05) is 23.8 Å². The summed E-state index contributed by atoms with van der Waals surface area (Å²) in [5, 5.41) is 0. The maximum Gasteiger partial charge on any atom is 0.540 e. The van der Waals surface area contributed by atoms with E-state index >= 15 is 0 Å². The van der Waals surface area contributed by atoms with Crippen LogP contribution in [0, 0.1) is 10.5 Å². The van der Waals surface area contributed by atoms with Crippen molar-refractivity contribution in [3.05, 3.63) is 57.7 Å². The van der Waals surface area contributed by atoms with Crippen LogP contribution in [0.5, 0.6) is 5.75 Å². The Bertz CT molecular complexity index is 681. The topological polar surface area (TPSA) is 52.6 Å².